The Bertz CT molecular complexity index is 719. The molecule has 6 nitrogen and oxygen atoms in total. The van der Waals surface area contributed by atoms with Gasteiger partial charge in [0.15, 0.2) is 11.6 Å². The fraction of sp³-hybridized carbons (Fsp3) is 0.562. The number of likely N-dealkylation sites (tertiary alicyclic amines) is 1. The molecule has 9 heteroatoms. The van der Waals surface area contributed by atoms with Crippen LogP contribution in [0.3, 0.4) is 0 Å². The van der Waals surface area contributed by atoms with Gasteiger partial charge in [-0.15, -0.1) is 0 Å². The van der Waals surface area contributed by atoms with Gasteiger partial charge in [0, 0.05) is 32.7 Å². The van der Waals surface area contributed by atoms with E-state index in [0.29, 0.717) is 25.2 Å². The first-order valence-corrected chi connectivity index (χ1v) is 9.87. The fourth-order valence-corrected chi connectivity index (χ4v) is 3.08. The van der Waals surface area contributed by atoms with E-state index in [1.165, 1.54) is 13.1 Å². The predicted molar refractivity (Wildman–Crippen MR) is 90.3 cm³/mol. The summed E-state index contributed by atoms with van der Waals surface area (Å²) in [6.45, 7) is 1.75. The SMILES string of the molecule is CN(CC(=O)NC1CCN(Cc2ccc(F)c(F)c2)CC1)S(C)(=O)=O. The molecule has 25 heavy (non-hydrogen) atoms. The van der Waals surface area contributed by atoms with Crippen molar-refractivity contribution in [2.24, 2.45) is 0 Å². The van der Waals surface area contributed by atoms with Gasteiger partial charge in [0.25, 0.3) is 0 Å². The summed E-state index contributed by atoms with van der Waals surface area (Å²) in [5.74, 6) is -2.04. The third-order valence-corrected chi connectivity index (χ3v) is 5.54. The number of hydrogen-bond donors (Lipinski definition) is 1. The molecule has 140 valence electrons. The minimum atomic E-state index is -3.38. The number of likely N-dealkylation sites (N-methyl/N-ethyl adjacent to an activating group) is 1. The van der Waals surface area contributed by atoms with E-state index in [1.54, 1.807) is 6.07 Å². The summed E-state index contributed by atoms with van der Waals surface area (Å²) in [4.78, 5) is 14.0. The summed E-state index contributed by atoms with van der Waals surface area (Å²) in [6, 6.07) is 3.87. The lowest BCUT2D eigenvalue weighted by Gasteiger charge is -2.32. The van der Waals surface area contributed by atoms with E-state index in [2.05, 4.69) is 10.2 Å². The molecule has 1 saturated heterocycles. The van der Waals surface area contributed by atoms with E-state index in [-0.39, 0.29) is 18.5 Å². The van der Waals surface area contributed by atoms with Crippen molar-refractivity contribution in [1.29, 1.82) is 0 Å². The lowest BCUT2D eigenvalue weighted by atomic mass is 10.0. The van der Waals surface area contributed by atoms with Gasteiger partial charge in [-0.25, -0.2) is 17.2 Å². The Kier molecular flexibility index (Phi) is 6.47. The van der Waals surface area contributed by atoms with Gasteiger partial charge in [-0.2, -0.15) is 4.31 Å². The minimum Gasteiger partial charge on any atom is -0.352 e. The zero-order valence-electron chi connectivity index (χ0n) is 14.3. The van der Waals surface area contributed by atoms with Crippen LogP contribution in [0.5, 0.6) is 0 Å². The smallest absolute Gasteiger partial charge is 0.235 e. The second kappa shape index (κ2) is 8.20. The number of halogens is 2. The molecule has 1 aromatic rings. The summed E-state index contributed by atoms with van der Waals surface area (Å²) in [7, 11) is -2.02. The van der Waals surface area contributed by atoms with E-state index in [1.807, 2.05) is 0 Å². The molecule has 0 bridgehead atoms. The Morgan fingerprint density at radius 2 is 1.92 bits per heavy atom. The Morgan fingerprint density at radius 1 is 1.28 bits per heavy atom. The zero-order chi connectivity index (χ0) is 18.6. The van der Waals surface area contributed by atoms with Gasteiger partial charge in [-0.3, -0.25) is 9.69 Å². The molecule has 2 rings (SSSR count). The third kappa shape index (κ3) is 6.02. The van der Waals surface area contributed by atoms with Crippen molar-refractivity contribution in [3.05, 3.63) is 35.4 Å². The van der Waals surface area contributed by atoms with Crippen LogP contribution in [-0.4, -0.2) is 62.5 Å². The number of piperidine rings is 1. The zero-order valence-corrected chi connectivity index (χ0v) is 15.2. The maximum absolute atomic E-state index is 13.2. The predicted octanol–water partition coefficient (Wildman–Crippen LogP) is 0.937. The molecule has 0 spiro atoms. The first kappa shape index (κ1) is 19.7. The molecule has 1 N–H and O–H groups in total. The minimum absolute atomic E-state index is 0.0123. The molecule has 1 aliphatic heterocycles. The summed E-state index contributed by atoms with van der Waals surface area (Å²) in [5, 5.41) is 2.84. The van der Waals surface area contributed by atoms with Crippen molar-refractivity contribution >= 4 is 15.9 Å². The Morgan fingerprint density at radius 3 is 2.48 bits per heavy atom. The summed E-state index contributed by atoms with van der Waals surface area (Å²) in [6.07, 6.45) is 2.49. The van der Waals surface area contributed by atoms with Crippen LogP contribution in [0.25, 0.3) is 0 Å². The number of benzene rings is 1. The number of nitrogens with zero attached hydrogens (tertiary/aromatic N) is 2. The Balaban J connectivity index is 1.77. The first-order chi connectivity index (χ1) is 11.6. The second-order valence-electron chi connectivity index (χ2n) is 6.39. The average Bonchev–Trinajstić information content (AvgIpc) is 2.52. The van der Waals surface area contributed by atoms with Crippen molar-refractivity contribution in [3.63, 3.8) is 0 Å². The largest absolute Gasteiger partial charge is 0.352 e. The fourth-order valence-electron chi connectivity index (χ4n) is 2.72. The molecule has 0 radical (unpaired) electrons. The number of nitrogens with one attached hydrogen (secondary N) is 1. The lowest BCUT2D eigenvalue weighted by molar-refractivity contribution is -0.122. The Hall–Kier alpha value is -1.58. The van der Waals surface area contributed by atoms with Crippen molar-refractivity contribution in [2.45, 2.75) is 25.4 Å². The van der Waals surface area contributed by atoms with E-state index in [9.17, 15) is 22.0 Å². The Labute approximate surface area is 146 Å². The average molecular weight is 375 g/mol. The number of sulfonamides is 1. The van der Waals surface area contributed by atoms with Crippen LogP contribution in [0.1, 0.15) is 18.4 Å². The highest BCUT2D eigenvalue weighted by molar-refractivity contribution is 7.88. The van der Waals surface area contributed by atoms with Crippen LogP contribution in [0.15, 0.2) is 18.2 Å². The molecular weight excluding hydrogens is 352 g/mol. The van der Waals surface area contributed by atoms with E-state index in [0.717, 1.165) is 29.5 Å². The number of carbonyl (C=O) groups is 1. The molecule has 0 atom stereocenters. The van der Waals surface area contributed by atoms with Crippen LogP contribution in [0, 0.1) is 11.6 Å². The van der Waals surface area contributed by atoms with Gasteiger partial charge >= 0.3 is 0 Å². The van der Waals surface area contributed by atoms with E-state index < -0.39 is 21.7 Å². The molecule has 0 aliphatic carbocycles. The monoisotopic (exact) mass is 375 g/mol. The summed E-state index contributed by atoms with van der Waals surface area (Å²) >= 11 is 0. The molecule has 1 heterocycles. The molecule has 0 aromatic heterocycles. The van der Waals surface area contributed by atoms with Crippen LogP contribution >= 0.6 is 0 Å². The standard InChI is InChI=1S/C16H23F2N3O3S/c1-20(25(2,23)24)11-16(22)19-13-5-7-21(8-6-13)10-12-3-4-14(17)15(18)9-12/h3-4,9,13H,5-8,10-11H2,1-2H3,(H,19,22). The van der Waals surface area contributed by atoms with Gasteiger partial charge < -0.3 is 5.32 Å². The van der Waals surface area contributed by atoms with Crippen LogP contribution in [0.4, 0.5) is 8.78 Å². The van der Waals surface area contributed by atoms with E-state index >= 15 is 0 Å². The van der Waals surface area contributed by atoms with E-state index in [4.69, 9.17) is 0 Å². The molecule has 0 saturated carbocycles. The van der Waals surface area contributed by atoms with Gasteiger partial charge in [0.1, 0.15) is 0 Å². The number of carbonyl (C=O) groups excluding carboxylic acids is 1. The van der Waals surface area contributed by atoms with Crippen molar-refractivity contribution in [3.8, 4) is 0 Å². The van der Waals surface area contributed by atoms with Crippen molar-refractivity contribution < 1.29 is 22.0 Å². The maximum atomic E-state index is 13.2. The van der Waals surface area contributed by atoms with Crippen LogP contribution in [-0.2, 0) is 21.4 Å². The van der Waals surface area contributed by atoms with Crippen molar-refractivity contribution in [1.82, 2.24) is 14.5 Å². The molecular formula is C16H23F2N3O3S. The molecule has 1 aromatic carbocycles. The topological polar surface area (TPSA) is 69.7 Å². The number of hydrogen-bond acceptors (Lipinski definition) is 4. The van der Waals surface area contributed by atoms with Crippen LogP contribution in [0.2, 0.25) is 0 Å². The van der Waals surface area contributed by atoms with Gasteiger partial charge in [0.2, 0.25) is 15.9 Å². The summed E-state index contributed by atoms with van der Waals surface area (Å²) in [5.41, 5.74) is 0.705. The highest BCUT2D eigenvalue weighted by Crippen LogP contribution is 2.16. The van der Waals surface area contributed by atoms with Gasteiger partial charge in [-0.05, 0) is 30.5 Å². The first-order valence-electron chi connectivity index (χ1n) is 8.02. The van der Waals surface area contributed by atoms with Crippen LogP contribution < -0.4 is 5.32 Å². The quantitative estimate of drug-likeness (QED) is 0.803. The molecule has 1 aliphatic rings. The normalized spacial score (nSPS) is 17.0. The van der Waals surface area contributed by atoms with Gasteiger partial charge in [-0.1, -0.05) is 6.07 Å². The highest BCUT2D eigenvalue weighted by Gasteiger charge is 2.22. The van der Waals surface area contributed by atoms with Crippen molar-refractivity contribution in [2.75, 3.05) is 32.9 Å². The molecule has 0 unspecified atom stereocenters. The maximum Gasteiger partial charge on any atom is 0.235 e. The number of amides is 1. The summed E-state index contributed by atoms with van der Waals surface area (Å²) < 4.78 is 49.8. The molecule has 1 fully saturated rings. The third-order valence-electron chi connectivity index (χ3n) is 4.28. The van der Waals surface area contributed by atoms with Gasteiger partial charge in [0.05, 0.1) is 12.8 Å². The highest BCUT2D eigenvalue weighted by atomic mass is 32.2. The molecule has 1 amide bonds. The lowest BCUT2D eigenvalue weighted by Crippen LogP contribution is -2.47. The number of rotatable bonds is 6. The second-order valence-corrected chi connectivity index (χ2v) is 8.47.